The molecule has 0 aliphatic carbocycles. The lowest BCUT2D eigenvalue weighted by Gasteiger charge is -2.28. The molecule has 5 nitrogen and oxygen atoms in total. The minimum atomic E-state index is -4.43. The Bertz CT molecular complexity index is 720. The molecule has 0 atom stereocenters. The zero-order chi connectivity index (χ0) is 16.7. The zero-order valence-corrected chi connectivity index (χ0v) is 12.1. The lowest BCUT2D eigenvalue weighted by Crippen LogP contribution is -2.36. The van der Waals surface area contributed by atoms with Gasteiger partial charge in [-0.3, -0.25) is 0 Å². The minimum absolute atomic E-state index is 0.0273. The molecule has 1 heterocycles. The summed E-state index contributed by atoms with van der Waals surface area (Å²) in [6.07, 6.45) is -4.43. The predicted molar refractivity (Wildman–Crippen MR) is 72.5 cm³/mol. The van der Waals surface area contributed by atoms with Crippen molar-refractivity contribution in [3.63, 3.8) is 0 Å². The van der Waals surface area contributed by atoms with E-state index < -0.39 is 17.6 Å². The second-order valence-electron chi connectivity index (χ2n) is 5.42. The fourth-order valence-electron chi connectivity index (χ4n) is 2.01. The number of hydrogen-bond acceptors (Lipinski definition) is 3. The number of aryl methyl sites for hydroxylation is 1. The quantitative estimate of drug-likeness (QED) is 0.946. The van der Waals surface area contributed by atoms with Crippen molar-refractivity contribution in [1.29, 1.82) is 0 Å². The van der Waals surface area contributed by atoms with Crippen molar-refractivity contribution in [2.75, 3.05) is 0 Å². The molecule has 1 aromatic carbocycles. The number of alkyl halides is 3. The third-order valence-corrected chi connectivity index (χ3v) is 3.60. The smallest absolute Gasteiger partial charge is 0.397 e. The van der Waals surface area contributed by atoms with Gasteiger partial charge in [-0.15, -0.1) is 5.10 Å². The van der Waals surface area contributed by atoms with Gasteiger partial charge in [0.05, 0.1) is 5.41 Å². The molecule has 0 unspecified atom stereocenters. The highest BCUT2D eigenvalue weighted by atomic mass is 19.4. The lowest BCUT2D eigenvalue weighted by atomic mass is 9.83. The third kappa shape index (κ3) is 2.56. The second-order valence-corrected chi connectivity index (χ2v) is 5.42. The number of aromatic nitrogens is 3. The van der Waals surface area contributed by atoms with Crippen LogP contribution >= 0.6 is 0 Å². The van der Waals surface area contributed by atoms with Crippen LogP contribution in [0.1, 0.15) is 29.9 Å². The summed E-state index contributed by atoms with van der Waals surface area (Å²) in [6, 6.07) is 5.60. The molecule has 1 aromatic heterocycles. The Morgan fingerprint density at radius 3 is 2.45 bits per heavy atom. The van der Waals surface area contributed by atoms with Gasteiger partial charge in [0.2, 0.25) is 0 Å². The van der Waals surface area contributed by atoms with Crippen molar-refractivity contribution in [3.05, 3.63) is 35.5 Å². The summed E-state index contributed by atoms with van der Waals surface area (Å²) in [5.74, 6) is -1.25. The summed E-state index contributed by atoms with van der Waals surface area (Å²) in [4.78, 5) is 11.2. The van der Waals surface area contributed by atoms with Gasteiger partial charge in [-0.1, -0.05) is 23.4 Å². The minimum Gasteiger partial charge on any atom is -0.476 e. The Hall–Kier alpha value is -2.38. The maximum Gasteiger partial charge on any atom is 0.397 e. The Balaban J connectivity index is 2.58. The van der Waals surface area contributed by atoms with E-state index >= 15 is 0 Å². The number of aromatic carboxylic acids is 1. The molecule has 0 bridgehead atoms. The molecular formula is C14H14F3N3O2. The molecule has 0 saturated carbocycles. The van der Waals surface area contributed by atoms with Gasteiger partial charge in [0.1, 0.15) is 5.69 Å². The van der Waals surface area contributed by atoms with E-state index in [1.807, 2.05) is 0 Å². The van der Waals surface area contributed by atoms with Gasteiger partial charge in [0.15, 0.2) is 5.69 Å². The van der Waals surface area contributed by atoms with Crippen molar-refractivity contribution >= 4 is 5.97 Å². The van der Waals surface area contributed by atoms with Crippen LogP contribution in [-0.2, 0) is 12.5 Å². The molecule has 1 N–H and O–H groups in total. The third-order valence-electron chi connectivity index (χ3n) is 3.60. The number of benzene rings is 1. The number of carbonyl (C=O) groups is 1. The standard InChI is InChI=1S/C14H14F3N3O2/c1-13(2,14(15,16)17)9-6-4-5-8(7-9)10-11(12(21)22)20(3)19-18-10/h4-7H,1-3H3,(H,21,22). The lowest BCUT2D eigenvalue weighted by molar-refractivity contribution is -0.180. The van der Waals surface area contributed by atoms with Crippen LogP contribution in [0.2, 0.25) is 0 Å². The molecule has 0 amide bonds. The van der Waals surface area contributed by atoms with E-state index in [0.29, 0.717) is 0 Å². The molecule has 0 aliphatic heterocycles. The first-order valence-electron chi connectivity index (χ1n) is 6.36. The maximum atomic E-state index is 13.1. The highest BCUT2D eigenvalue weighted by Gasteiger charge is 2.48. The summed E-state index contributed by atoms with van der Waals surface area (Å²) in [6.45, 7) is 2.14. The van der Waals surface area contributed by atoms with Crippen LogP contribution in [0.15, 0.2) is 24.3 Å². The molecule has 118 valence electrons. The number of nitrogens with zero attached hydrogens (tertiary/aromatic N) is 3. The molecule has 22 heavy (non-hydrogen) atoms. The van der Waals surface area contributed by atoms with Crippen molar-refractivity contribution in [2.45, 2.75) is 25.4 Å². The number of hydrogen-bond donors (Lipinski definition) is 1. The molecule has 0 aliphatic rings. The largest absolute Gasteiger partial charge is 0.476 e. The van der Waals surface area contributed by atoms with Crippen LogP contribution in [0.5, 0.6) is 0 Å². The van der Waals surface area contributed by atoms with Gasteiger partial charge < -0.3 is 5.11 Å². The van der Waals surface area contributed by atoms with Gasteiger partial charge in [-0.25, -0.2) is 9.48 Å². The van der Waals surface area contributed by atoms with Gasteiger partial charge in [-0.2, -0.15) is 13.2 Å². The summed E-state index contributed by atoms with van der Waals surface area (Å²) < 4.78 is 40.5. The van der Waals surface area contributed by atoms with E-state index in [-0.39, 0.29) is 22.5 Å². The van der Waals surface area contributed by atoms with Gasteiger partial charge >= 0.3 is 12.1 Å². The number of carboxylic acid groups (broad SMARTS) is 1. The Morgan fingerprint density at radius 2 is 1.91 bits per heavy atom. The Morgan fingerprint density at radius 1 is 1.27 bits per heavy atom. The van der Waals surface area contributed by atoms with Crippen molar-refractivity contribution < 1.29 is 23.1 Å². The number of halogens is 3. The van der Waals surface area contributed by atoms with Crippen molar-refractivity contribution in [2.24, 2.45) is 7.05 Å². The van der Waals surface area contributed by atoms with Gasteiger partial charge in [0, 0.05) is 12.6 Å². The Kier molecular flexibility index (Phi) is 3.72. The fraction of sp³-hybridized carbons (Fsp3) is 0.357. The maximum absolute atomic E-state index is 13.1. The normalized spacial score (nSPS) is 12.5. The van der Waals surface area contributed by atoms with E-state index in [0.717, 1.165) is 18.5 Å². The van der Waals surface area contributed by atoms with Crippen LogP contribution in [0.25, 0.3) is 11.3 Å². The zero-order valence-electron chi connectivity index (χ0n) is 12.1. The summed E-state index contributed by atoms with van der Waals surface area (Å²) in [7, 11) is 1.41. The van der Waals surface area contributed by atoms with Crippen LogP contribution in [0.4, 0.5) is 13.2 Å². The molecular weight excluding hydrogens is 299 g/mol. The number of carboxylic acids is 1. The first kappa shape index (κ1) is 16.0. The second kappa shape index (κ2) is 5.11. The highest BCUT2D eigenvalue weighted by Crippen LogP contribution is 2.41. The van der Waals surface area contributed by atoms with Crippen molar-refractivity contribution in [1.82, 2.24) is 15.0 Å². The first-order chi connectivity index (χ1) is 10.1. The van der Waals surface area contributed by atoms with Crippen molar-refractivity contribution in [3.8, 4) is 11.3 Å². The summed E-state index contributed by atoms with van der Waals surface area (Å²) >= 11 is 0. The monoisotopic (exact) mass is 313 g/mol. The summed E-state index contributed by atoms with van der Waals surface area (Å²) in [5.41, 5.74) is -1.90. The average Bonchev–Trinajstić information content (AvgIpc) is 2.79. The van der Waals surface area contributed by atoms with E-state index in [4.69, 9.17) is 0 Å². The molecule has 8 heteroatoms. The van der Waals surface area contributed by atoms with E-state index in [1.165, 1.54) is 31.3 Å². The van der Waals surface area contributed by atoms with Crippen LogP contribution < -0.4 is 0 Å². The first-order valence-corrected chi connectivity index (χ1v) is 6.36. The molecule has 0 spiro atoms. The van der Waals surface area contributed by atoms with Crippen LogP contribution in [0, 0.1) is 0 Å². The molecule has 0 fully saturated rings. The van der Waals surface area contributed by atoms with Crippen LogP contribution in [0.3, 0.4) is 0 Å². The Labute approximate surface area is 124 Å². The summed E-state index contributed by atoms with van der Waals surface area (Å²) in [5, 5.41) is 16.5. The predicted octanol–water partition coefficient (Wildman–Crippen LogP) is 3.02. The topological polar surface area (TPSA) is 68.0 Å². The number of rotatable bonds is 3. The molecule has 2 aromatic rings. The van der Waals surface area contributed by atoms with E-state index in [9.17, 15) is 23.1 Å². The molecule has 2 rings (SSSR count). The van der Waals surface area contributed by atoms with E-state index in [1.54, 1.807) is 0 Å². The SMILES string of the molecule is Cn1nnc(-c2cccc(C(C)(C)C(F)(F)F)c2)c1C(=O)O. The highest BCUT2D eigenvalue weighted by molar-refractivity contribution is 5.92. The van der Waals surface area contributed by atoms with Crippen LogP contribution in [-0.4, -0.2) is 32.2 Å². The average molecular weight is 313 g/mol. The fourth-order valence-corrected chi connectivity index (χ4v) is 2.01. The molecule has 0 saturated heterocycles. The van der Waals surface area contributed by atoms with E-state index in [2.05, 4.69) is 10.3 Å². The van der Waals surface area contributed by atoms with Gasteiger partial charge in [-0.05, 0) is 25.5 Å². The molecule has 0 radical (unpaired) electrons. The van der Waals surface area contributed by atoms with Gasteiger partial charge in [0.25, 0.3) is 0 Å².